The minimum absolute atomic E-state index is 0.0591. The first-order valence-corrected chi connectivity index (χ1v) is 6.48. The second-order valence-electron chi connectivity index (χ2n) is 3.81. The van der Waals surface area contributed by atoms with Crippen molar-refractivity contribution < 1.29 is 14.4 Å². The van der Waals surface area contributed by atoms with Crippen LogP contribution in [-0.2, 0) is 19.5 Å². The molecular formula is C12H14N2O3S. The number of aryl methyl sites for hydroxylation is 1. The van der Waals surface area contributed by atoms with Gasteiger partial charge in [-0.3, -0.25) is 0 Å². The Morgan fingerprint density at radius 2 is 2.22 bits per heavy atom. The lowest BCUT2D eigenvalue weighted by atomic mass is 10.3. The van der Waals surface area contributed by atoms with E-state index >= 15 is 0 Å². The normalized spacial score (nSPS) is 10.7. The van der Waals surface area contributed by atoms with Crippen molar-refractivity contribution in [3.8, 4) is 0 Å². The van der Waals surface area contributed by atoms with E-state index in [4.69, 9.17) is 9.63 Å². The van der Waals surface area contributed by atoms with Crippen LogP contribution in [0.5, 0.6) is 0 Å². The van der Waals surface area contributed by atoms with Crippen molar-refractivity contribution in [2.45, 2.75) is 26.4 Å². The quantitative estimate of drug-likeness (QED) is 0.839. The van der Waals surface area contributed by atoms with E-state index in [0.717, 1.165) is 13.0 Å². The molecule has 96 valence electrons. The summed E-state index contributed by atoms with van der Waals surface area (Å²) in [5.74, 6) is -0.546. The number of nitrogens with one attached hydrogen (secondary N) is 1. The van der Waals surface area contributed by atoms with Gasteiger partial charge in [0, 0.05) is 22.4 Å². The number of nitrogens with zero attached hydrogens (tertiary/aromatic N) is 1. The summed E-state index contributed by atoms with van der Waals surface area (Å²) in [6.45, 7) is 3.35. The fourth-order valence-electron chi connectivity index (χ4n) is 1.51. The zero-order valence-corrected chi connectivity index (χ0v) is 10.8. The summed E-state index contributed by atoms with van der Waals surface area (Å²) < 4.78 is 4.90. The summed E-state index contributed by atoms with van der Waals surface area (Å²) >= 11 is 1.78. The number of aromatic carboxylic acids is 1. The standard InChI is InChI=1S/C12H14N2O3S/c1-2-9-3-4-10(18-9)7-13-6-8-5-11(12(15)16)14-17-8/h3-5,13H,2,6-7H2,1H3,(H,15,16). The number of carboxylic acids is 1. The Balaban J connectivity index is 1.82. The molecule has 6 heteroatoms. The van der Waals surface area contributed by atoms with Crippen molar-refractivity contribution in [1.82, 2.24) is 10.5 Å². The first-order chi connectivity index (χ1) is 8.69. The zero-order chi connectivity index (χ0) is 13.0. The number of carbonyl (C=O) groups is 1. The Morgan fingerprint density at radius 3 is 2.83 bits per heavy atom. The number of aromatic nitrogens is 1. The van der Waals surface area contributed by atoms with E-state index in [9.17, 15) is 4.79 Å². The average molecular weight is 266 g/mol. The average Bonchev–Trinajstić information content (AvgIpc) is 2.97. The molecule has 2 N–H and O–H groups in total. The van der Waals surface area contributed by atoms with E-state index in [1.807, 2.05) is 0 Å². The lowest BCUT2D eigenvalue weighted by Gasteiger charge is -1.98. The first kappa shape index (κ1) is 12.8. The number of hydrogen-bond donors (Lipinski definition) is 2. The molecule has 0 radical (unpaired) electrons. The van der Waals surface area contributed by atoms with Crippen LogP contribution in [0, 0.1) is 0 Å². The van der Waals surface area contributed by atoms with Gasteiger partial charge in [0.05, 0.1) is 6.54 Å². The summed E-state index contributed by atoms with van der Waals surface area (Å²) in [5, 5.41) is 15.3. The Bertz CT molecular complexity index is 533. The summed E-state index contributed by atoms with van der Waals surface area (Å²) in [6, 6.07) is 5.65. The molecule has 0 aliphatic rings. The van der Waals surface area contributed by atoms with E-state index in [1.165, 1.54) is 15.8 Å². The molecule has 18 heavy (non-hydrogen) atoms. The van der Waals surface area contributed by atoms with Crippen LogP contribution in [0.2, 0.25) is 0 Å². The van der Waals surface area contributed by atoms with Crippen LogP contribution >= 0.6 is 11.3 Å². The van der Waals surface area contributed by atoms with Crippen molar-refractivity contribution in [2.24, 2.45) is 0 Å². The molecule has 0 fully saturated rings. The van der Waals surface area contributed by atoms with Crippen molar-refractivity contribution in [3.63, 3.8) is 0 Å². The van der Waals surface area contributed by atoms with Crippen LogP contribution < -0.4 is 5.32 Å². The van der Waals surface area contributed by atoms with Crippen molar-refractivity contribution in [2.75, 3.05) is 0 Å². The molecule has 0 saturated carbocycles. The molecule has 0 atom stereocenters. The maximum absolute atomic E-state index is 10.6. The number of carboxylic acid groups (broad SMARTS) is 1. The molecule has 0 unspecified atom stereocenters. The highest BCUT2D eigenvalue weighted by atomic mass is 32.1. The van der Waals surface area contributed by atoms with E-state index in [0.29, 0.717) is 12.3 Å². The number of thiophene rings is 1. The van der Waals surface area contributed by atoms with Gasteiger partial charge >= 0.3 is 5.97 Å². The van der Waals surface area contributed by atoms with Crippen LogP contribution in [-0.4, -0.2) is 16.2 Å². The molecule has 0 saturated heterocycles. The molecule has 2 heterocycles. The van der Waals surface area contributed by atoms with Gasteiger partial charge in [0.1, 0.15) is 0 Å². The predicted molar refractivity (Wildman–Crippen MR) is 67.7 cm³/mol. The van der Waals surface area contributed by atoms with Crippen LogP contribution in [0.25, 0.3) is 0 Å². The second-order valence-corrected chi connectivity index (χ2v) is 5.06. The highest BCUT2D eigenvalue weighted by Crippen LogP contribution is 2.16. The van der Waals surface area contributed by atoms with Crippen molar-refractivity contribution in [1.29, 1.82) is 0 Å². The summed E-state index contributed by atoms with van der Waals surface area (Å²) in [5.41, 5.74) is -0.0591. The minimum Gasteiger partial charge on any atom is -0.476 e. The Kier molecular flexibility index (Phi) is 4.11. The van der Waals surface area contributed by atoms with Gasteiger partial charge in [0.15, 0.2) is 11.5 Å². The van der Waals surface area contributed by atoms with E-state index in [-0.39, 0.29) is 5.69 Å². The third-order valence-electron chi connectivity index (χ3n) is 2.44. The lowest BCUT2D eigenvalue weighted by molar-refractivity contribution is 0.0685. The third-order valence-corrected chi connectivity index (χ3v) is 3.67. The molecular weight excluding hydrogens is 252 g/mol. The van der Waals surface area contributed by atoms with Gasteiger partial charge in [-0.2, -0.15) is 0 Å². The molecule has 0 bridgehead atoms. The SMILES string of the molecule is CCc1ccc(CNCc2cc(C(=O)O)no2)s1. The predicted octanol–water partition coefficient (Wildman–Crippen LogP) is 2.29. The van der Waals surface area contributed by atoms with Gasteiger partial charge in [-0.25, -0.2) is 4.79 Å². The maximum atomic E-state index is 10.6. The van der Waals surface area contributed by atoms with Crippen LogP contribution in [0.15, 0.2) is 22.7 Å². The maximum Gasteiger partial charge on any atom is 0.358 e. The van der Waals surface area contributed by atoms with Gasteiger partial charge in [-0.05, 0) is 18.6 Å². The molecule has 2 aromatic heterocycles. The first-order valence-electron chi connectivity index (χ1n) is 5.66. The van der Waals surface area contributed by atoms with Crippen LogP contribution in [0.1, 0.15) is 32.9 Å². The van der Waals surface area contributed by atoms with Gasteiger partial charge < -0.3 is 14.9 Å². The minimum atomic E-state index is -1.07. The molecule has 0 spiro atoms. The molecule has 0 amide bonds. The Labute approximate surface area is 108 Å². The molecule has 0 aliphatic carbocycles. The highest BCUT2D eigenvalue weighted by molar-refractivity contribution is 7.11. The lowest BCUT2D eigenvalue weighted by Crippen LogP contribution is -2.11. The van der Waals surface area contributed by atoms with Gasteiger partial charge in [0.25, 0.3) is 0 Å². The smallest absolute Gasteiger partial charge is 0.358 e. The van der Waals surface area contributed by atoms with Gasteiger partial charge in [0.2, 0.25) is 0 Å². The summed E-state index contributed by atoms with van der Waals surface area (Å²) in [4.78, 5) is 13.2. The summed E-state index contributed by atoms with van der Waals surface area (Å²) in [7, 11) is 0. The molecule has 5 nitrogen and oxygen atoms in total. The molecule has 0 aliphatic heterocycles. The Hall–Kier alpha value is -1.66. The largest absolute Gasteiger partial charge is 0.476 e. The fourth-order valence-corrected chi connectivity index (χ4v) is 2.44. The van der Waals surface area contributed by atoms with Gasteiger partial charge in [-0.15, -0.1) is 11.3 Å². The number of hydrogen-bond acceptors (Lipinski definition) is 5. The molecule has 2 rings (SSSR count). The van der Waals surface area contributed by atoms with E-state index in [2.05, 4.69) is 29.5 Å². The highest BCUT2D eigenvalue weighted by Gasteiger charge is 2.10. The fraction of sp³-hybridized carbons (Fsp3) is 0.333. The van der Waals surface area contributed by atoms with Crippen molar-refractivity contribution in [3.05, 3.63) is 39.4 Å². The third kappa shape index (κ3) is 3.18. The zero-order valence-electron chi connectivity index (χ0n) is 9.97. The monoisotopic (exact) mass is 266 g/mol. The van der Waals surface area contributed by atoms with Crippen LogP contribution in [0.3, 0.4) is 0 Å². The topological polar surface area (TPSA) is 75.4 Å². The number of rotatable bonds is 6. The van der Waals surface area contributed by atoms with E-state index in [1.54, 1.807) is 11.3 Å². The van der Waals surface area contributed by atoms with Crippen molar-refractivity contribution >= 4 is 17.3 Å². The molecule has 0 aromatic carbocycles. The molecule has 2 aromatic rings. The summed E-state index contributed by atoms with van der Waals surface area (Å²) in [6.07, 6.45) is 1.05. The van der Waals surface area contributed by atoms with Crippen LogP contribution in [0.4, 0.5) is 0 Å². The second kappa shape index (κ2) is 5.79. The van der Waals surface area contributed by atoms with Gasteiger partial charge in [-0.1, -0.05) is 12.1 Å². The Morgan fingerprint density at radius 1 is 1.44 bits per heavy atom. The van der Waals surface area contributed by atoms with E-state index < -0.39 is 5.97 Å².